The summed E-state index contributed by atoms with van der Waals surface area (Å²) in [6, 6.07) is 16.8. The molecule has 3 aromatic carbocycles. The maximum atomic E-state index is 13.4. The Morgan fingerprint density at radius 1 is 0.939 bits per heavy atom. The number of aromatic nitrogens is 1. The summed E-state index contributed by atoms with van der Waals surface area (Å²) in [5.41, 5.74) is 0.683. The Kier molecular flexibility index (Phi) is 6.20. The van der Waals surface area contributed by atoms with E-state index in [9.17, 15) is 17.6 Å². The van der Waals surface area contributed by atoms with Gasteiger partial charge in [0.2, 0.25) is 15.3 Å². The lowest BCUT2D eigenvalue weighted by Gasteiger charge is -2.15. The van der Waals surface area contributed by atoms with Gasteiger partial charge in [-0.1, -0.05) is 12.1 Å². The predicted molar refractivity (Wildman–Crippen MR) is 123 cm³/mol. The number of nitrogens with zero attached hydrogens (tertiary/aromatic N) is 1. The largest absolute Gasteiger partial charge is 0.497 e. The Labute approximate surface area is 190 Å². The number of fused-ring (bicyclic) bond motifs is 1. The predicted octanol–water partition coefficient (Wildman–Crippen LogP) is 4.43. The molecule has 8 heteroatoms. The van der Waals surface area contributed by atoms with Crippen LogP contribution in [0.5, 0.6) is 11.5 Å². The molecule has 0 aliphatic carbocycles. The third kappa shape index (κ3) is 4.47. The highest BCUT2D eigenvalue weighted by Gasteiger charge is 2.24. The lowest BCUT2D eigenvalue weighted by Crippen LogP contribution is -2.19. The highest BCUT2D eigenvalue weighted by molar-refractivity contribution is 7.91. The molecule has 6 nitrogen and oxygen atoms in total. The molecule has 0 saturated carbocycles. The number of benzene rings is 3. The lowest BCUT2D eigenvalue weighted by molar-refractivity contribution is 0.340. The van der Waals surface area contributed by atoms with Crippen molar-refractivity contribution < 1.29 is 22.3 Å². The van der Waals surface area contributed by atoms with Crippen LogP contribution in [0, 0.1) is 5.82 Å². The SMILES string of the molecule is CCOc1ccc2c(c1)c(=O)c(S(=O)(=O)c1ccc(OC)cc1)cn2Cc1ccc(F)cc1. The molecule has 0 aliphatic rings. The van der Waals surface area contributed by atoms with Gasteiger partial charge < -0.3 is 14.0 Å². The monoisotopic (exact) mass is 467 g/mol. The first-order valence-corrected chi connectivity index (χ1v) is 11.8. The van der Waals surface area contributed by atoms with Crippen molar-refractivity contribution in [2.45, 2.75) is 23.3 Å². The van der Waals surface area contributed by atoms with Gasteiger partial charge in [-0.2, -0.15) is 0 Å². The fourth-order valence-corrected chi connectivity index (χ4v) is 4.97. The van der Waals surface area contributed by atoms with Crippen LogP contribution in [-0.2, 0) is 16.4 Å². The van der Waals surface area contributed by atoms with Gasteiger partial charge in [-0.3, -0.25) is 4.79 Å². The summed E-state index contributed by atoms with van der Waals surface area (Å²) < 4.78 is 52.5. The minimum Gasteiger partial charge on any atom is -0.497 e. The van der Waals surface area contributed by atoms with Gasteiger partial charge in [-0.05, 0) is 67.1 Å². The molecular weight excluding hydrogens is 445 g/mol. The van der Waals surface area contributed by atoms with Crippen LogP contribution >= 0.6 is 0 Å². The van der Waals surface area contributed by atoms with Crippen LogP contribution < -0.4 is 14.9 Å². The van der Waals surface area contributed by atoms with Crippen molar-refractivity contribution in [3.8, 4) is 11.5 Å². The number of halogens is 1. The Morgan fingerprint density at radius 2 is 1.61 bits per heavy atom. The summed E-state index contributed by atoms with van der Waals surface area (Å²) in [5.74, 6) is 0.601. The third-order valence-electron chi connectivity index (χ3n) is 5.26. The van der Waals surface area contributed by atoms with Gasteiger partial charge in [0.15, 0.2) is 0 Å². The summed E-state index contributed by atoms with van der Waals surface area (Å²) in [6.45, 7) is 2.47. The van der Waals surface area contributed by atoms with Crippen molar-refractivity contribution in [2.75, 3.05) is 13.7 Å². The van der Waals surface area contributed by atoms with E-state index in [4.69, 9.17) is 9.47 Å². The first-order chi connectivity index (χ1) is 15.8. The van der Waals surface area contributed by atoms with Crippen molar-refractivity contribution in [2.24, 2.45) is 0 Å². The lowest BCUT2D eigenvalue weighted by atomic mass is 10.1. The number of sulfone groups is 1. The average Bonchev–Trinajstić information content (AvgIpc) is 2.82. The van der Waals surface area contributed by atoms with Crippen LogP contribution in [0.15, 0.2) is 87.5 Å². The molecule has 0 unspecified atom stereocenters. The van der Waals surface area contributed by atoms with E-state index in [-0.39, 0.29) is 27.5 Å². The highest BCUT2D eigenvalue weighted by Crippen LogP contribution is 2.26. The number of pyridine rings is 1. The fourth-order valence-electron chi connectivity index (χ4n) is 3.60. The van der Waals surface area contributed by atoms with E-state index in [2.05, 4.69) is 0 Å². The van der Waals surface area contributed by atoms with Crippen molar-refractivity contribution in [3.63, 3.8) is 0 Å². The summed E-state index contributed by atoms with van der Waals surface area (Å²) in [4.78, 5) is 13.0. The third-order valence-corrected chi connectivity index (χ3v) is 7.02. The Bertz CT molecular complexity index is 1460. The topological polar surface area (TPSA) is 74.6 Å². The van der Waals surface area contributed by atoms with Crippen molar-refractivity contribution in [1.29, 1.82) is 0 Å². The molecule has 0 atom stereocenters. The molecule has 4 rings (SSSR count). The zero-order chi connectivity index (χ0) is 23.6. The first kappa shape index (κ1) is 22.5. The van der Waals surface area contributed by atoms with E-state index in [0.29, 0.717) is 23.6 Å². The molecule has 170 valence electrons. The Hall–Kier alpha value is -3.65. The normalized spacial score (nSPS) is 11.5. The average molecular weight is 468 g/mol. The van der Waals surface area contributed by atoms with Gasteiger partial charge in [0, 0.05) is 12.7 Å². The van der Waals surface area contributed by atoms with E-state index >= 15 is 0 Å². The van der Waals surface area contributed by atoms with Gasteiger partial charge >= 0.3 is 0 Å². The van der Waals surface area contributed by atoms with Gasteiger partial charge in [0.1, 0.15) is 22.2 Å². The number of hydrogen-bond donors (Lipinski definition) is 0. The van der Waals surface area contributed by atoms with Crippen LogP contribution in [0.3, 0.4) is 0 Å². The van der Waals surface area contributed by atoms with Crippen LogP contribution in [0.4, 0.5) is 4.39 Å². The number of ether oxygens (including phenoxy) is 2. The number of hydrogen-bond acceptors (Lipinski definition) is 5. The minimum atomic E-state index is -4.12. The highest BCUT2D eigenvalue weighted by atomic mass is 32.2. The molecule has 0 amide bonds. The molecule has 1 heterocycles. The first-order valence-electron chi connectivity index (χ1n) is 10.3. The van der Waals surface area contributed by atoms with E-state index in [1.54, 1.807) is 34.9 Å². The molecule has 4 aromatic rings. The van der Waals surface area contributed by atoms with E-state index < -0.39 is 15.3 Å². The van der Waals surface area contributed by atoms with Gasteiger partial charge in [0.05, 0.1) is 29.5 Å². The second kappa shape index (κ2) is 9.07. The molecule has 0 N–H and O–H groups in total. The quantitative estimate of drug-likeness (QED) is 0.402. The van der Waals surface area contributed by atoms with Crippen LogP contribution in [0.25, 0.3) is 10.9 Å². The van der Waals surface area contributed by atoms with Crippen LogP contribution in [0.2, 0.25) is 0 Å². The van der Waals surface area contributed by atoms with E-state index in [1.807, 2.05) is 6.92 Å². The number of methoxy groups -OCH3 is 1. The maximum Gasteiger partial charge on any atom is 0.211 e. The Balaban J connectivity index is 1.93. The summed E-state index contributed by atoms with van der Waals surface area (Å²) in [5, 5.41) is 0.220. The molecule has 0 bridgehead atoms. The zero-order valence-corrected chi connectivity index (χ0v) is 18.9. The van der Waals surface area contributed by atoms with E-state index in [0.717, 1.165) is 5.56 Å². The standard InChI is InChI=1S/C25H22FNO5S/c1-3-32-20-10-13-23-22(14-20)25(28)24(16-27(23)15-17-4-6-18(26)7-5-17)33(29,30)21-11-8-19(31-2)9-12-21/h4-14,16H,3,15H2,1-2H3. The van der Waals surface area contributed by atoms with E-state index in [1.165, 1.54) is 49.7 Å². The second-order valence-corrected chi connectivity index (χ2v) is 9.29. The summed E-state index contributed by atoms with van der Waals surface area (Å²) in [6.07, 6.45) is 1.34. The molecule has 0 radical (unpaired) electrons. The van der Waals surface area contributed by atoms with Crippen molar-refractivity contribution in [1.82, 2.24) is 4.57 Å². The molecular formula is C25H22FNO5S. The van der Waals surface area contributed by atoms with Crippen LogP contribution in [0.1, 0.15) is 12.5 Å². The number of rotatable bonds is 7. The summed E-state index contributed by atoms with van der Waals surface area (Å²) >= 11 is 0. The molecule has 33 heavy (non-hydrogen) atoms. The summed E-state index contributed by atoms with van der Waals surface area (Å²) in [7, 11) is -2.64. The molecule has 0 spiro atoms. The Morgan fingerprint density at radius 3 is 2.24 bits per heavy atom. The molecule has 0 saturated heterocycles. The smallest absolute Gasteiger partial charge is 0.211 e. The maximum absolute atomic E-state index is 13.4. The van der Waals surface area contributed by atoms with Crippen LogP contribution in [-0.4, -0.2) is 26.7 Å². The molecule has 0 aliphatic heterocycles. The zero-order valence-electron chi connectivity index (χ0n) is 18.1. The van der Waals surface area contributed by atoms with Gasteiger partial charge in [0.25, 0.3) is 0 Å². The van der Waals surface area contributed by atoms with Gasteiger partial charge in [-0.15, -0.1) is 0 Å². The van der Waals surface area contributed by atoms with Crippen molar-refractivity contribution >= 4 is 20.7 Å². The minimum absolute atomic E-state index is 0.0194. The fraction of sp³-hybridized carbons (Fsp3) is 0.160. The second-order valence-electron chi connectivity index (χ2n) is 7.37. The molecule has 1 aromatic heterocycles. The van der Waals surface area contributed by atoms with Crippen molar-refractivity contribution in [3.05, 3.63) is 94.5 Å². The molecule has 0 fully saturated rings. The van der Waals surface area contributed by atoms with Gasteiger partial charge in [-0.25, -0.2) is 12.8 Å².